The van der Waals surface area contributed by atoms with Crippen LogP contribution < -0.4 is 15.4 Å². The van der Waals surface area contributed by atoms with Crippen molar-refractivity contribution < 1.29 is 14.3 Å². The third kappa shape index (κ3) is 5.60. The Morgan fingerprint density at radius 2 is 1.84 bits per heavy atom. The van der Waals surface area contributed by atoms with Crippen LogP contribution in [0.2, 0.25) is 0 Å². The number of amides is 2. The van der Waals surface area contributed by atoms with Gasteiger partial charge in [0.1, 0.15) is 5.75 Å². The molecule has 134 valence electrons. The molecule has 0 unspecified atom stereocenters. The molecule has 1 heterocycles. The molecular formula is C19H24N2O3S. The molecule has 0 atom stereocenters. The van der Waals surface area contributed by atoms with Gasteiger partial charge in [-0.25, -0.2) is 0 Å². The first-order chi connectivity index (χ1) is 11.9. The van der Waals surface area contributed by atoms with Crippen LogP contribution >= 0.6 is 11.3 Å². The Hall–Kier alpha value is -2.34. The number of benzene rings is 1. The molecule has 0 aliphatic carbocycles. The monoisotopic (exact) mass is 360 g/mol. The summed E-state index contributed by atoms with van der Waals surface area (Å²) >= 11 is 1.47. The van der Waals surface area contributed by atoms with Gasteiger partial charge in [-0.3, -0.25) is 9.59 Å². The summed E-state index contributed by atoms with van der Waals surface area (Å²) in [5, 5.41) is 9.32. The van der Waals surface area contributed by atoms with Crippen LogP contribution in [0.5, 0.6) is 5.75 Å². The molecule has 0 aliphatic rings. The van der Waals surface area contributed by atoms with Crippen LogP contribution in [-0.2, 0) is 10.2 Å². The number of hydrogen-bond donors (Lipinski definition) is 2. The zero-order chi connectivity index (χ0) is 18.3. The van der Waals surface area contributed by atoms with Gasteiger partial charge in [0, 0.05) is 35.9 Å². The largest absolute Gasteiger partial charge is 0.497 e. The fourth-order valence-corrected chi connectivity index (χ4v) is 2.97. The average molecular weight is 360 g/mol. The summed E-state index contributed by atoms with van der Waals surface area (Å²) in [6.45, 7) is 5.00. The van der Waals surface area contributed by atoms with E-state index >= 15 is 0 Å². The summed E-state index contributed by atoms with van der Waals surface area (Å²) in [5.74, 6) is 0.588. The normalized spacial score (nSPS) is 11.0. The molecule has 0 fully saturated rings. The van der Waals surface area contributed by atoms with Crippen LogP contribution in [0.4, 0.5) is 0 Å². The maximum Gasteiger partial charge on any atom is 0.252 e. The first kappa shape index (κ1) is 19.0. The van der Waals surface area contributed by atoms with E-state index in [0.717, 1.165) is 11.3 Å². The van der Waals surface area contributed by atoms with E-state index in [1.807, 2.05) is 29.6 Å². The first-order valence-corrected chi connectivity index (χ1v) is 9.08. The molecule has 2 N–H and O–H groups in total. The molecule has 25 heavy (non-hydrogen) atoms. The van der Waals surface area contributed by atoms with Crippen LogP contribution in [0.25, 0.3) is 0 Å². The highest BCUT2D eigenvalue weighted by Crippen LogP contribution is 2.24. The second kappa shape index (κ2) is 8.67. The zero-order valence-corrected chi connectivity index (χ0v) is 15.6. The molecule has 2 rings (SSSR count). The van der Waals surface area contributed by atoms with Crippen molar-refractivity contribution >= 4 is 23.2 Å². The van der Waals surface area contributed by atoms with E-state index in [1.165, 1.54) is 11.3 Å². The van der Waals surface area contributed by atoms with Crippen molar-refractivity contribution in [1.82, 2.24) is 10.6 Å². The second-order valence-corrected chi connectivity index (χ2v) is 7.19. The van der Waals surface area contributed by atoms with Gasteiger partial charge >= 0.3 is 0 Å². The number of ether oxygens (including phenoxy) is 1. The molecule has 6 heteroatoms. The lowest BCUT2D eigenvalue weighted by Crippen LogP contribution is -2.38. The number of nitrogens with one attached hydrogen (secondary N) is 2. The lowest BCUT2D eigenvalue weighted by atomic mass is 9.84. The second-order valence-electron chi connectivity index (χ2n) is 6.41. The molecular weight excluding hydrogens is 336 g/mol. The van der Waals surface area contributed by atoms with Crippen LogP contribution in [0.3, 0.4) is 0 Å². The van der Waals surface area contributed by atoms with Gasteiger partial charge in [0.05, 0.1) is 7.11 Å². The van der Waals surface area contributed by atoms with Crippen LogP contribution in [0.1, 0.15) is 36.2 Å². The van der Waals surface area contributed by atoms with Crippen molar-refractivity contribution in [3.8, 4) is 5.75 Å². The summed E-state index contributed by atoms with van der Waals surface area (Å²) in [4.78, 5) is 23.8. The van der Waals surface area contributed by atoms with Crippen molar-refractivity contribution in [1.29, 1.82) is 0 Å². The van der Waals surface area contributed by atoms with E-state index in [9.17, 15) is 9.59 Å². The fourth-order valence-electron chi connectivity index (χ4n) is 2.34. The van der Waals surface area contributed by atoms with E-state index in [-0.39, 0.29) is 23.7 Å². The molecule has 0 bridgehead atoms. The predicted molar refractivity (Wildman–Crippen MR) is 100 cm³/mol. The SMILES string of the molecule is COc1ccc(C(C)(C)CNC(=O)CCNC(=O)c2ccsc2)cc1. The first-order valence-electron chi connectivity index (χ1n) is 8.14. The van der Waals surface area contributed by atoms with E-state index in [2.05, 4.69) is 24.5 Å². The Labute approximate surface area is 152 Å². The molecule has 2 amide bonds. The molecule has 0 spiro atoms. The Balaban J connectivity index is 1.75. The Morgan fingerprint density at radius 3 is 2.44 bits per heavy atom. The van der Waals surface area contributed by atoms with Crippen molar-refractivity contribution in [2.24, 2.45) is 0 Å². The highest BCUT2D eigenvalue weighted by atomic mass is 32.1. The van der Waals surface area contributed by atoms with Crippen molar-refractivity contribution in [3.63, 3.8) is 0 Å². The topological polar surface area (TPSA) is 67.4 Å². The van der Waals surface area contributed by atoms with Crippen molar-refractivity contribution in [3.05, 3.63) is 52.2 Å². The number of hydrogen-bond acceptors (Lipinski definition) is 4. The summed E-state index contributed by atoms with van der Waals surface area (Å²) in [5.41, 5.74) is 1.56. The third-order valence-electron chi connectivity index (χ3n) is 4.02. The Morgan fingerprint density at radius 1 is 1.12 bits per heavy atom. The lowest BCUT2D eigenvalue weighted by Gasteiger charge is -2.26. The van der Waals surface area contributed by atoms with E-state index in [1.54, 1.807) is 18.6 Å². The van der Waals surface area contributed by atoms with Gasteiger partial charge in [0.15, 0.2) is 0 Å². The standard InChI is InChI=1S/C19H24N2O3S/c1-19(2,15-4-6-16(24-3)7-5-15)13-21-17(22)8-10-20-18(23)14-9-11-25-12-14/h4-7,9,11-12H,8,10,13H2,1-3H3,(H,20,23)(H,21,22). The highest BCUT2D eigenvalue weighted by Gasteiger charge is 2.21. The molecule has 1 aromatic carbocycles. The molecule has 2 aromatic rings. The number of methoxy groups -OCH3 is 1. The quantitative estimate of drug-likeness (QED) is 0.760. The predicted octanol–water partition coefficient (Wildman–Crippen LogP) is 2.97. The van der Waals surface area contributed by atoms with E-state index in [0.29, 0.717) is 18.7 Å². The number of thiophene rings is 1. The van der Waals surface area contributed by atoms with Gasteiger partial charge in [-0.2, -0.15) is 11.3 Å². The van der Waals surface area contributed by atoms with E-state index < -0.39 is 0 Å². The van der Waals surface area contributed by atoms with Crippen molar-refractivity contribution in [2.45, 2.75) is 25.7 Å². The smallest absolute Gasteiger partial charge is 0.252 e. The third-order valence-corrected chi connectivity index (χ3v) is 4.70. The van der Waals surface area contributed by atoms with E-state index in [4.69, 9.17) is 4.74 Å². The zero-order valence-electron chi connectivity index (χ0n) is 14.8. The van der Waals surface area contributed by atoms with Crippen LogP contribution in [-0.4, -0.2) is 32.0 Å². The number of carbonyl (C=O) groups excluding carboxylic acids is 2. The Bertz CT molecular complexity index is 694. The highest BCUT2D eigenvalue weighted by molar-refractivity contribution is 7.08. The maximum atomic E-state index is 12.0. The molecule has 0 aliphatic heterocycles. The van der Waals surface area contributed by atoms with Gasteiger partial charge in [-0.1, -0.05) is 26.0 Å². The summed E-state index contributed by atoms with van der Waals surface area (Å²) < 4.78 is 5.17. The molecule has 1 aromatic heterocycles. The van der Waals surface area contributed by atoms with Crippen LogP contribution in [0.15, 0.2) is 41.1 Å². The number of carbonyl (C=O) groups is 2. The van der Waals surface area contributed by atoms with Gasteiger partial charge in [0.25, 0.3) is 5.91 Å². The van der Waals surface area contributed by atoms with Gasteiger partial charge in [-0.15, -0.1) is 0 Å². The minimum atomic E-state index is -0.193. The summed E-state index contributed by atoms with van der Waals surface area (Å²) in [6.07, 6.45) is 0.259. The summed E-state index contributed by atoms with van der Waals surface area (Å²) in [7, 11) is 1.64. The fraction of sp³-hybridized carbons (Fsp3) is 0.368. The molecule has 0 saturated heterocycles. The number of rotatable bonds is 8. The molecule has 5 nitrogen and oxygen atoms in total. The maximum absolute atomic E-state index is 12.0. The van der Waals surface area contributed by atoms with Gasteiger partial charge < -0.3 is 15.4 Å². The molecule has 0 radical (unpaired) electrons. The summed E-state index contributed by atoms with van der Waals surface area (Å²) in [6, 6.07) is 9.60. The van der Waals surface area contributed by atoms with Crippen molar-refractivity contribution in [2.75, 3.05) is 20.2 Å². The van der Waals surface area contributed by atoms with Gasteiger partial charge in [-0.05, 0) is 29.1 Å². The lowest BCUT2D eigenvalue weighted by molar-refractivity contribution is -0.121. The Kier molecular flexibility index (Phi) is 6.58. The minimum Gasteiger partial charge on any atom is -0.497 e. The minimum absolute atomic E-state index is 0.0767. The molecule has 0 saturated carbocycles. The average Bonchev–Trinajstić information content (AvgIpc) is 3.15. The van der Waals surface area contributed by atoms with Gasteiger partial charge in [0.2, 0.25) is 5.91 Å². The van der Waals surface area contributed by atoms with Crippen LogP contribution in [0, 0.1) is 0 Å².